The van der Waals surface area contributed by atoms with Crippen LogP contribution in [-0.2, 0) is 19.4 Å². The highest BCUT2D eigenvalue weighted by atomic mass is 32.2. The third-order valence-electron chi connectivity index (χ3n) is 4.85. The number of carbonyl (C=O) groups is 2. The molecule has 1 fully saturated rings. The van der Waals surface area contributed by atoms with Gasteiger partial charge in [-0.15, -0.1) is 0 Å². The summed E-state index contributed by atoms with van der Waals surface area (Å²) in [7, 11) is -4.00. The molecule has 28 heavy (non-hydrogen) atoms. The van der Waals surface area contributed by atoms with Gasteiger partial charge in [0.1, 0.15) is 11.1 Å². The normalized spacial score (nSPS) is 18.9. The Morgan fingerprint density at radius 2 is 1.79 bits per heavy atom. The fourth-order valence-corrected chi connectivity index (χ4v) is 4.59. The van der Waals surface area contributed by atoms with Crippen LogP contribution >= 0.6 is 0 Å². The quantitative estimate of drug-likeness (QED) is 0.791. The molecule has 1 aliphatic rings. The Morgan fingerprint density at radius 3 is 2.43 bits per heavy atom. The van der Waals surface area contributed by atoms with Crippen molar-refractivity contribution < 1.29 is 22.4 Å². The lowest BCUT2D eigenvalue weighted by Gasteiger charge is -2.31. The van der Waals surface area contributed by atoms with Crippen LogP contribution in [0.1, 0.15) is 24.9 Å². The smallest absolute Gasteiger partial charge is 0.241 e. The molecular formula is C20H21FN2O4S. The zero-order chi connectivity index (χ0) is 20.3. The van der Waals surface area contributed by atoms with Gasteiger partial charge in [0.25, 0.3) is 0 Å². The van der Waals surface area contributed by atoms with Crippen molar-refractivity contribution in [1.82, 2.24) is 10.2 Å². The molecule has 1 aliphatic heterocycles. The molecule has 0 aromatic heterocycles. The first-order valence-electron chi connectivity index (χ1n) is 8.92. The molecule has 0 spiro atoms. The van der Waals surface area contributed by atoms with Crippen LogP contribution in [0.25, 0.3) is 0 Å². The largest absolute Gasteiger partial charge is 0.354 e. The van der Waals surface area contributed by atoms with Gasteiger partial charge < -0.3 is 10.2 Å². The molecule has 6 nitrogen and oxygen atoms in total. The Hall–Kier alpha value is -2.74. The number of sulfone groups is 1. The molecule has 148 valence electrons. The molecule has 0 aliphatic carbocycles. The molecule has 2 amide bonds. The van der Waals surface area contributed by atoms with E-state index in [-0.39, 0.29) is 30.3 Å². The van der Waals surface area contributed by atoms with Gasteiger partial charge >= 0.3 is 0 Å². The van der Waals surface area contributed by atoms with E-state index >= 15 is 0 Å². The lowest BCUT2D eigenvalue weighted by molar-refractivity contribution is -0.133. The predicted octanol–water partition coefficient (Wildman–Crippen LogP) is 2.08. The van der Waals surface area contributed by atoms with Gasteiger partial charge in [-0.2, -0.15) is 0 Å². The highest BCUT2D eigenvalue weighted by molar-refractivity contribution is 7.92. The number of nitrogens with zero attached hydrogens (tertiary/aromatic N) is 1. The van der Waals surface area contributed by atoms with Gasteiger partial charge in [-0.05, 0) is 36.8 Å². The van der Waals surface area contributed by atoms with E-state index in [0.717, 1.165) is 29.8 Å². The second-order valence-corrected chi connectivity index (χ2v) is 8.92. The van der Waals surface area contributed by atoms with Crippen LogP contribution in [0, 0.1) is 5.82 Å². The summed E-state index contributed by atoms with van der Waals surface area (Å²) in [6, 6.07) is 12.9. The van der Waals surface area contributed by atoms with Crippen LogP contribution in [0.4, 0.5) is 4.39 Å². The van der Waals surface area contributed by atoms with E-state index in [4.69, 9.17) is 0 Å². The van der Waals surface area contributed by atoms with Crippen molar-refractivity contribution in [2.24, 2.45) is 0 Å². The van der Waals surface area contributed by atoms with Crippen molar-refractivity contribution in [1.29, 1.82) is 0 Å². The van der Waals surface area contributed by atoms with Crippen LogP contribution in [-0.4, -0.2) is 43.5 Å². The van der Waals surface area contributed by atoms with E-state index < -0.39 is 32.9 Å². The molecule has 2 atom stereocenters. The van der Waals surface area contributed by atoms with E-state index in [2.05, 4.69) is 5.32 Å². The minimum absolute atomic E-state index is 0.0546. The highest BCUT2D eigenvalue weighted by Crippen LogP contribution is 2.28. The first kappa shape index (κ1) is 20.0. The number of halogens is 1. The summed E-state index contributed by atoms with van der Waals surface area (Å²) in [6.07, 6.45) is 0.0546. The topological polar surface area (TPSA) is 83.6 Å². The van der Waals surface area contributed by atoms with Gasteiger partial charge in [0.05, 0.1) is 17.4 Å². The molecule has 1 heterocycles. The van der Waals surface area contributed by atoms with E-state index in [1.165, 1.54) is 11.8 Å². The third kappa shape index (κ3) is 4.06. The summed E-state index contributed by atoms with van der Waals surface area (Å²) in [4.78, 5) is 26.5. The Bertz CT molecular complexity index is 961. The summed E-state index contributed by atoms with van der Waals surface area (Å²) < 4.78 is 38.9. The molecule has 0 radical (unpaired) electrons. The number of hydrogen-bond acceptors (Lipinski definition) is 4. The first-order chi connectivity index (χ1) is 13.3. The number of nitrogens with one attached hydrogen (secondary N) is 1. The summed E-state index contributed by atoms with van der Waals surface area (Å²) in [6.45, 7) is 1.77. The van der Waals surface area contributed by atoms with Gasteiger partial charge in [-0.25, -0.2) is 12.8 Å². The second-order valence-electron chi connectivity index (χ2n) is 6.65. The van der Waals surface area contributed by atoms with Gasteiger partial charge in [-0.3, -0.25) is 9.59 Å². The Kier molecular flexibility index (Phi) is 5.79. The zero-order valence-corrected chi connectivity index (χ0v) is 16.2. The molecule has 1 N–H and O–H groups in total. The molecule has 2 aromatic rings. The molecular weight excluding hydrogens is 383 g/mol. The summed E-state index contributed by atoms with van der Waals surface area (Å²) in [5.41, 5.74) is 0.763. The maximum Gasteiger partial charge on any atom is 0.241 e. The number of carbonyl (C=O) groups excluding carboxylic acids is 2. The van der Waals surface area contributed by atoms with Crippen LogP contribution in [0.15, 0.2) is 59.5 Å². The van der Waals surface area contributed by atoms with Gasteiger partial charge in [0, 0.05) is 13.1 Å². The minimum atomic E-state index is -4.00. The van der Waals surface area contributed by atoms with Crippen molar-refractivity contribution >= 4 is 21.7 Å². The molecule has 1 saturated heterocycles. The third-order valence-corrected chi connectivity index (χ3v) is 6.91. The number of hydrogen-bond donors (Lipinski definition) is 1. The lowest BCUT2D eigenvalue weighted by Crippen LogP contribution is -2.44. The summed E-state index contributed by atoms with van der Waals surface area (Å²) in [5.74, 6) is -1.34. The molecule has 0 bridgehead atoms. The maximum atomic E-state index is 13.2. The first-order valence-corrected chi connectivity index (χ1v) is 10.5. The number of benzene rings is 2. The van der Waals surface area contributed by atoms with Crippen LogP contribution in [0.3, 0.4) is 0 Å². The van der Waals surface area contributed by atoms with Crippen molar-refractivity contribution in [3.63, 3.8) is 0 Å². The average molecular weight is 404 g/mol. The molecule has 3 rings (SSSR count). The monoisotopic (exact) mass is 404 g/mol. The fourth-order valence-electron chi connectivity index (χ4n) is 3.26. The number of amides is 2. The maximum absolute atomic E-state index is 13.2. The molecule has 2 aromatic carbocycles. The van der Waals surface area contributed by atoms with E-state index in [0.29, 0.717) is 0 Å². The van der Waals surface area contributed by atoms with Crippen molar-refractivity contribution in [3.05, 3.63) is 66.0 Å². The van der Waals surface area contributed by atoms with Gasteiger partial charge in [0.15, 0.2) is 9.84 Å². The lowest BCUT2D eigenvalue weighted by atomic mass is 10.0. The van der Waals surface area contributed by atoms with E-state index in [1.54, 1.807) is 12.1 Å². The second kappa shape index (κ2) is 8.10. The van der Waals surface area contributed by atoms with Gasteiger partial charge in [0.2, 0.25) is 11.8 Å². The fraction of sp³-hybridized carbons (Fsp3) is 0.300. The van der Waals surface area contributed by atoms with Crippen LogP contribution < -0.4 is 5.32 Å². The Balaban J connectivity index is 1.93. The Morgan fingerprint density at radius 1 is 1.14 bits per heavy atom. The Labute approximate surface area is 163 Å². The standard InChI is InChI=1S/C20H21FN2O4S/c1-14(28(26,27)17-9-7-16(21)8-10-17)20(25)23-12-11-22-19(24)13-18(23)15-5-3-2-4-6-15/h2-10,14,18H,11-13H2,1H3,(H,22,24). The minimum Gasteiger partial charge on any atom is -0.354 e. The highest BCUT2D eigenvalue weighted by Gasteiger charge is 2.37. The summed E-state index contributed by atoms with van der Waals surface area (Å²) in [5, 5.41) is 1.36. The van der Waals surface area contributed by atoms with E-state index in [9.17, 15) is 22.4 Å². The number of rotatable bonds is 4. The van der Waals surface area contributed by atoms with E-state index in [1.807, 2.05) is 18.2 Å². The van der Waals surface area contributed by atoms with Crippen molar-refractivity contribution in [2.45, 2.75) is 29.5 Å². The van der Waals surface area contributed by atoms with Crippen LogP contribution in [0.2, 0.25) is 0 Å². The average Bonchev–Trinajstić information content (AvgIpc) is 2.89. The molecule has 2 unspecified atom stereocenters. The van der Waals surface area contributed by atoms with Crippen LogP contribution in [0.5, 0.6) is 0 Å². The van der Waals surface area contributed by atoms with Gasteiger partial charge in [-0.1, -0.05) is 30.3 Å². The van der Waals surface area contributed by atoms with Crippen molar-refractivity contribution in [3.8, 4) is 0 Å². The summed E-state index contributed by atoms with van der Waals surface area (Å²) >= 11 is 0. The zero-order valence-electron chi connectivity index (χ0n) is 15.3. The molecule has 0 saturated carbocycles. The predicted molar refractivity (Wildman–Crippen MR) is 102 cm³/mol. The SMILES string of the molecule is CC(C(=O)N1CCNC(=O)CC1c1ccccc1)S(=O)(=O)c1ccc(F)cc1. The molecule has 8 heteroatoms. The van der Waals surface area contributed by atoms with Crippen molar-refractivity contribution in [2.75, 3.05) is 13.1 Å².